The maximum absolute atomic E-state index is 11.2. The van der Waals surface area contributed by atoms with Crippen molar-refractivity contribution in [3.63, 3.8) is 0 Å². The Balaban J connectivity index is 2.09. The number of likely N-dealkylation sites (N-methyl/N-ethyl adjacent to an activating group) is 1. The number of rotatable bonds is 3. The van der Waals surface area contributed by atoms with Crippen LogP contribution in [0.3, 0.4) is 0 Å². The molecule has 2 rings (SSSR count). The molecule has 0 saturated carbocycles. The zero-order valence-corrected chi connectivity index (χ0v) is 9.92. The van der Waals surface area contributed by atoms with E-state index in [1.54, 1.807) is 6.20 Å². The van der Waals surface area contributed by atoms with E-state index < -0.39 is 5.97 Å². The molecule has 0 radical (unpaired) electrons. The first-order chi connectivity index (χ1) is 8.22. The van der Waals surface area contributed by atoms with Gasteiger partial charge in [-0.05, 0) is 6.42 Å². The van der Waals surface area contributed by atoms with Crippen LogP contribution in [0.1, 0.15) is 16.9 Å². The molecule has 1 aliphatic rings. The number of anilines is 1. The molecule has 6 nitrogen and oxygen atoms in total. The second kappa shape index (κ2) is 5.09. The first-order valence-electron chi connectivity index (χ1n) is 5.43. The van der Waals surface area contributed by atoms with Crippen molar-refractivity contribution in [3.8, 4) is 0 Å². The third-order valence-electron chi connectivity index (χ3n) is 2.85. The van der Waals surface area contributed by atoms with E-state index in [-0.39, 0.29) is 5.69 Å². The topological polar surface area (TPSA) is 64.5 Å². The SMILES string of the molecule is COC(=O)c1cnc(N(C)C2CCOC2)cn1. The number of carbonyl (C=O) groups is 1. The Labute approximate surface area is 99.6 Å². The summed E-state index contributed by atoms with van der Waals surface area (Å²) in [7, 11) is 3.26. The molecule has 2 heterocycles. The standard InChI is InChI=1S/C11H15N3O3/c1-14(8-3-4-17-7-8)10-6-12-9(5-13-10)11(15)16-2/h5-6,8H,3-4,7H2,1-2H3. The lowest BCUT2D eigenvalue weighted by Gasteiger charge is -2.23. The molecule has 0 N–H and O–H groups in total. The van der Waals surface area contributed by atoms with Crippen LogP contribution in [-0.2, 0) is 9.47 Å². The van der Waals surface area contributed by atoms with Gasteiger partial charge in [-0.25, -0.2) is 14.8 Å². The predicted octanol–water partition coefficient (Wildman–Crippen LogP) is 0.488. The summed E-state index contributed by atoms with van der Waals surface area (Å²) in [5.41, 5.74) is 0.215. The Bertz CT molecular complexity index is 387. The van der Waals surface area contributed by atoms with Gasteiger partial charge in [0.05, 0.1) is 32.2 Å². The molecule has 17 heavy (non-hydrogen) atoms. The Morgan fingerprint density at radius 1 is 1.53 bits per heavy atom. The van der Waals surface area contributed by atoms with Crippen molar-refractivity contribution in [1.29, 1.82) is 0 Å². The van der Waals surface area contributed by atoms with Crippen LogP contribution in [0.15, 0.2) is 12.4 Å². The van der Waals surface area contributed by atoms with Gasteiger partial charge in [-0.3, -0.25) is 0 Å². The normalized spacial score (nSPS) is 19.1. The van der Waals surface area contributed by atoms with E-state index in [2.05, 4.69) is 14.7 Å². The Morgan fingerprint density at radius 2 is 2.35 bits per heavy atom. The molecule has 6 heteroatoms. The van der Waals surface area contributed by atoms with Gasteiger partial charge in [0.15, 0.2) is 5.69 Å². The summed E-state index contributed by atoms with van der Waals surface area (Å²) in [4.78, 5) is 21.4. The van der Waals surface area contributed by atoms with Gasteiger partial charge < -0.3 is 14.4 Å². The summed E-state index contributed by atoms with van der Waals surface area (Å²) in [5, 5.41) is 0. The maximum Gasteiger partial charge on any atom is 0.358 e. The van der Waals surface area contributed by atoms with Crippen LogP contribution in [0, 0.1) is 0 Å². The summed E-state index contributed by atoms with van der Waals surface area (Å²) in [5.74, 6) is 0.254. The molecule has 0 aromatic carbocycles. The van der Waals surface area contributed by atoms with Crippen molar-refractivity contribution < 1.29 is 14.3 Å². The maximum atomic E-state index is 11.2. The minimum atomic E-state index is -0.476. The van der Waals surface area contributed by atoms with Crippen LogP contribution in [0.5, 0.6) is 0 Å². The molecule has 92 valence electrons. The van der Waals surface area contributed by atoms with Gasteiger partial charge >= 0.3 is 5.97 Å². The summed E-state index contributed by atoms with van der Waals surface area (Å²) in [6, 6.07) is 0.327. The van der Waals surface area contributed by atoms with Crippen LogP contribution < -0.4 is 4.90 Å². The highest BCUT2D eigenvalue weighted by atomic mass is 16.5. The van der Waals surface area contributed by atoms with Gasteiger partial charge in [0.25, 0.3) is 0 Å². The van der Waals surface area contributed by atoms with Crippen molar-refractivity contribution in [2.24, 2.45) is 0 Å². The fourth-order valence-electron chi connectivity index (χ4n) is 1.73. The molecular formula is C11H15N3O3. The molecule has 0 spiro atoms. The van der Waals surface area contributed by atoms with Crippen LogP contribution in [0.25, 0.3) is 0 Å². The first-order valence-corrected chi connectivity index (χ1v) is 5.43. The summed E-state index contributed by atoms with van der Waals surface area (Å²) in [6.45, 7) is 1.49. The third kappa shape index (κ3) is 2.52. The fourth-order valence-corrected chi connectivity index (χ4v) is 1.73. The lowest BCUT2D eigenvalue weighted by molar-refractivity contribution is 0.0593. The molecule has 1 atom stereocenters. The largest absolute Gasteiger partial charge is 0.464 e. The van der Waals surface area contributed by atoms with Crippen molar-refractivity contribution in [2.75, 3.05) is 32.3 Å². The number of aromatic nitrogens is 2. The molecule has 0 bridgehead atoms. The van der Waals surface area contributed by atoms with Gasteiger partial charge in [-0.1, -0.05) is 0 Å². The third-order valence-corrected chi connectivity index (χ3v) is 2.85. The minimum absolute atomic E-state index is 0.215. The molecule has 1 unspecified atom stereocenters. The number of methoxy groups -OCH3 is 1. The zero-order chi connectivity index (χ0) is 12.3. The van der Waals surface area contributed by atoms with Crippen molar-refractivity contribution in [1.82, 2.24) is 9.97 Å². The number of esters is 1. The van der Waals surface area contributed by atoms with Gasteiger partial charge in [0.2, 0.25) is 0 Å². The number of nitrogens with zero attached hydrogens (tertiary/aromatic N) is 3. The predicted molar refractivity (Wildman–Crippen MR) is 61.0 cm³/mol. The molecule has 1 fully saturated rings. The molecule has 1 aromatic rings. The molecular weight excluding hydrogens is 222 g/mol. The number of carbonyl (C=O) groups excluding carboxylic acids is 1. The van der Waals surface area contributed by atoms with Crippen molar-refractivity contribution >= 4 is 11.8 Å². The Kier molecular flexibility index (Phi) is 3.53. The zero-order valence-electron chi connectivity index (χ0n) is 9.92. The van der Waals surface area contributed by atoms with Crippen LogP contribution >= 0.6 is 0 Å². The highest BCUT2D eigenvalue weighted by Crippen LogP contribution is 2.17. The monoisotopic (exact) mass is 237 g/mol. The summed E-state index contributed by atoms with van der Waals surface area (Å²) < 4.78 is 9.88. The van der Waals surface area contributed by atoms with E-state index in [1.165, 1.54) is 13.3 Å². The lowest BCUT2D eigenvalue weighted by Crippen LogP contribution is -2.32. The van der Waals surface area contributed by atoms with Crippen molar-refractivity contribution in [2.45, 2.75) is 12.5 Å². The van der Waals surface area contributed by atoms with Gasteiger partial charge in [-0.15, -0.1) is 0 Å². The van der Waals surface area contributed by atoms with E-state index in [0.29, 0.717) is 12.6 Å². The van der Waals surface area contributed by atoms with E-state index in [1.807, 2.05) is 11.9 Å². The second-order valence-corrected chi connectivity index (χ2v) is 3.88. The molecule has 0 aliphatic carbocycles. The van der Waals surface area contributed by atoms with E-state index in [9.17, 15) is 4.79 Å². The smallest absolute Gasteiger partial charge is 0.358 e. The van der Waals surface area contributed by atoms with E-state index in [0.717, 1.165) is 18.8 Å². The van der Waals surface area contributed by atoms with Crippen LogP contribution in [0.4, 0.5) is 5.82 Å². The number of ether oxygens (including phenoxy) is 2. The highest BCUT2D eigenvalue weighted by molar-refractivity contribution is 5.86. The van der Waals surface area contributed by atoms with Gasteiger partial charge in [-0.2, -0.15) is 0 Å². The molecule has 1 aromatic heterocycles. The molecule has 1 saturated heterocycles. The van der Waals surface area contributed by atoms with Crippen molar-refractivity contribution in [3.05, 3.63) is 18.1 Å². The molecule has 0 amide bonds. The summed E-state index contributed by atoms with van der Waals surface area (Å²) in [6.07, 6.45) is 3.98. The van der Waals surface area contributed by atoms with Gasteiger partial charge in [0.1, 0.15) is 5.82 Å². The second-order valence-electron chi connectivity index (χ2n) is 3.88. The minimum Gasteiger partial charge on any atom is -0.464 e. The van der Waals surface area contributed by atoms with E-state index >= 15 is 0 Å². The van der Waals surface area contributed by atoms with Crippen LogP contribution in [0.2, 0.25) is 0 Å². The first kappa shape index (κ1) is 11.8. The lowest BCUT2D eigenvalue weighted by atomic mass is 10.2. The highest BCUT2D eigenvalue weighted by Gasteiger charge is 2.21. The molecule has 1 aliphatic heterocycles. The Hall–Kier alpha value is -1.69. The average molecular weight is 237 g/mol. The van der Waals surface area contributed by atoms with E-state index in [4.69, 9.17) is 4.74 Å². The van der Waals surface area contributed by atoms with Crippen LogP contribution in [-0.4, -0.2) is 49.4 Å². The quantitative estimate of drug-likeness (QED) is 0.713. The average Bonchev–Trinajstić information content (AvgIpc) is 2.91. The Morgan fingerprint density at radius 3 is 2.88 bits per heavy atom. The van der Waals surface area contributed by atoms with Gasteiger partial charge in [0, 0.05) is 13.7 Å². The summed E-state index contributed by atoms with van der Waals surface area (Å²) >= 11 is 0. The number of hydrogen-bond acceptors (Lipinski definition) is 6. The fraction of sp³-hybridized carbons (Fsp3) is 0.545. The number of hydrogen-bond donors (Lipinski definition) is 0.